The third-order valence-electron chi connectivity index (χ3n) is 2.89. The van der Waals surface area contributed by atoms with E-state index in [1.807, 2.05) is 38.1 Å². The Morgan fingerprint density at radius 1 is 1.43 bits per heavy atom. The van der Waals surface area contributed by atoms with E-state index >= 15 is 0 Å². The third-order valence-corrected chi connectivity index (χ3v) is 2.89. The lowest BCUT2D eigenvalue weighted by Crippen LogP contribution is -2.40. The van der Waals surface area contributed by atoms with E-state index in [-0.39, 0.29) is 5.41 Å². The largest absolute Gasteiger partial charge is 0.480 e. The van der Waals surface area contributed by atoms with Gasteiger partial charge in [0, 0.05) is 11.1 Å². The number of rotatable bonds is 1. The molecule has 1 aromatic carbocycles. The summed E-state index contributed by atoms with van der Waals surface area (Å²) >= 11 is 0. The SMILES string of the molecule is CC1(C)c2ccccc2NC1C(=O)O. The van der Waals surface area contributed by atoms with Crippen molar-refractivity contribution in [3.8, 4) is 0 Å². The average Bonchev–Trinajstić information content (AvgIpc) is 2.39. The number of hydrogen-bond acceptors (Lipinski definition) is 2. The molecule has 1 aliphatic rings. The summed E-state index contributed by atoms with van der Waals surface area (Å²) in [6.45, 7) is 3.90. The van der Waals surface area contributed by atoms with Gasteiger partial charge in [-0.25, -0.2) is 4.79 Å². The van der Waals surface area contributed by atoms with Gasteiger partial charge in [0.1, 0.15) is 6.04 Å². The van der Waals surface area contributed by atoms with Crippen LogP contribution in [0.4, 0.5) is 5.69 Å². The van der Waals surface area contributed by atoms with Crippen LogP contribution in [0.1, 0.15) is 19.4 Å². The molecule has 0 fully saturated rings. The van der Waals surface area contributed by atoms with E-state index in [1.54, 1.807) is 0 Å². The Hall–Kier alpha value is -1.51. The van der Waals surface area contributed by atoms with E-state index in [0.29, 0.717) is 0 Å². The molecule has 0 saturated carbocycles. The molecule has 1 heterocycles. The zero-order chi connectivity index (χ0) is 10.3. The maximum Gasteiger partial charge on any atom is 0.327 e. The minimum atomic E-state index is -0.800. The number of nitrogens with one attached hydrogen (secondary N) is 1. The van der Waals surface area contributed by atoms with E-state index in [2.05, 4.69) is 5.32 Å². The van der Waals surface area contributed by atoms with Crippen molar-refractivity contribution >= 4 is 11.7 Å². The highest BCUT2D eigenvalue weighted by Crippen LogP contribution is 2.40. The Bertz CT molecular complexity index is 385. The first-order valence-electron chi connectivity index (χ1n) is 4.62. The summed E-state index contributed by atoms with van der Waals surface area (Å²) in [5, 5.41) is 12.1. The van der Waals surface area contributed by atoms with Crippen molar-refractivity contribution in [3.05, 3.63) is 29.8 Å². The first kappa shape index (κ1) is 9.06. The molecule has 2 N–H and O–H groups in total. The van der Waals surface area contributed by atoms with Gasteiger partial charge in [0.15, 0.2) is 0 Å². The number of benzene rings is 1. The van der Waals surface area contributed by atoms with Crippen molar-refractivity contribution < 1.29 is 9.90 Å². The fraction of sp³-hybridized carbons (Fsp3) is 0.364. The van der Waals surface area contributed by atoms with Gasteiger partial charge in [0.2, 0.25) is 0 Å². The highest BCUT2D eigenvalue weighted by molar-refractivity contribution is 5.84. The lowest BCUT2D eigenvalue weighted by molar-refractivity contribution is -0.139. The molecule has 2 rings (SSSR count). The van der Waals surface area contributed by atoms with Crippen LogP contribution in [-0.4, -0.2) is 17.1 Å². The van der Waals surface area contributed by atoms with Crippen LogP contribution in [0.25, 0.3) is 0 Å². The van der Waals surface area contributed by atoms with Gasteiger partial charge in [-0.15, -0.1) is 0 Å². The Labute approximate surface area is 82.8 Å². The van der Waals surface area contributed by atoms with Gasteiger partial charge in [0.05, 0.1) is 0 Å². The van der Waals surface area contributed by atoms with Gasteiger partial charge in [-0.1, -0.05) is 32.0 Å². The fourth-order valence-electron chi connectivity index (χ4n) is 2.03. The van der Waals surface area contributed by atoms with Crippen LogP contribution < -0.4 is 5.32 Å². The number of carboxylic acid groups (broad SMARTS) is 1. The first-order valence-corrected chi connectivity index (χ1v) is 4.62. The fourth-order valence-corrected chi connectivity index (χ4v) is 2.03. The van der Waals surface area contributed by atoms with Crippen molar-refractivity contribution in [1.82, 2.24) is 0 Å². The Morgan fingerprint density at radius 3 is 2.64 bits per heavy atom. The van der Waals surface area contributed by atoms with Crippen molar-refractivity contribution in [2.75, 3.05) is 5.32 Å². The predicted octanol–water partition coefficient (Wildman–Crippen LogP) is 1.84. The molecule has 0 bridgehead atoms. The molecule has 1 unspecified atom stereocenters. The molecule has 0 radical (unpaired) electrons. The van der Waals surface area contributed by atoms with Crippen LogP contribution in [0.2, 0.25) is 0 Å². The van der Waals surface area contributed by atoms with Crippen molar-refractivity contribution in [1.29, 1.82) is 0 Å². The minimum absolute atomic E-state index is 0.345. The second-order valence-electron chi connectivity index (χ2n) is 4.18. The van der Waals surface area contributed by atoms with E-state index < -0.39 is 12.0 Å². The third kappa shape index (κ3) is 1.09. The van der Waals surface area contributed by atoms with Crippen LogP contribution in [0, 0.1) is 0 Å². The quantitative estimate of drug-likeness (QED) is 0.712. The smallest absolute Gasteiger partial charge is 0.327 e. The van der Waals surface area contributed by atoms with Gasteiger partial charge < -0.3 is 10.4 Å². The highest BCUT2D eigenvalue weighted by Gasteiger charge is 2.43. The van der Waals surface area contributed by atoms with Gasteiger partial charge in [-0.2, -0.15) is 0 Å². The van der Waals surface area contributed by atoms with Crippen LogP contribution in [0.5, 0.6) is 0 Å². The average molecular weight is 191 g/mol. The van der Waals surface area contributed by atoms with Gasteiger partial charge in [-0.05, 0) is 11.6 Å². The van der Waals surface area contributed by atoms with Crippen molar-refractivity contribution in [2.45, 2.75) is 25.3 Å². The number of fused-ring (bicyclic) bond motifs is 1. The summed E-state index contributed by atoms with van der Waals surface area (Å²) in [4.78, 5) is 11.0. The monoisotopic (exact) mass is 191 g/mol. The van der Waals surface area contributed by atoms with Crippen molar-refractivity contribution in [2.24, 2.45) is 0 Å². The molecule has 3 nitrogen and oxygen atoms in total. The molecule has 74 valence electrons. The van der Waals surface area contributed by atoms with Gasteiger partial charge in [0.25, 0.3) is 0 Å². The second kappa shape index (κ2) is 2.74. The molecule has 1 aromatic rings. The zero-order valence-corrected chi connectivity index (χ0v) is 8.24. The van der Waals surface area contributed by atoms with Gasteiger partial charge >= 0.3 is 5.97 Å². The number of aliphatic carboxylic acids is 1. The summed E-state index contributed by atoms with van der Waals surface area (Å²) in [6, 6.07) is 7.21. The van der Waals surface area contributed by atoms with E-state index in [1.165, 1.54) is 0 Å². The van der Waals surface area contributed by atoms with Crippen LogP contribution in [0.3, 0.4) is 0 Å². The second-order valence-corrected chi connectivity index (χ2v) is 4.18. The molecule has 0 aliphatic carbocycles. The maximum atomic E-state index is 11.0. The molecule has 0 amide bonds. The minimum Gasteiger partial charge on any atom is -0.480 e. The molecular weight excluding hydrogens is 178 g/mol. The molecule has 14 heavy (non-hydrogen) atoms. The Balaban J connectivity index is 2.50. The number of para-hydroxylation sites is 1. The lowest BCUT2D eigenvalue weighted by Gasteiger charge is -2.23. The van der Waals surface area contributed by atoms with E-state index in [4.69, 9.17) is 5.11 Å². The van der Waals surface area contributed by atoms with Crippen LogP contribution in [-0.2, 0) is 10.2 Å². The summed E-state index contributed by atoms with van der Waals surface area (Å²) in [7, 11) is 0. The molecular formula is C11H13NO2. The first-order chi connectivity index (χ1) is 6.53. The molecule has 1 atom stereocenters. The highest BCUT2D eigenvalue weighted by atomic mass is 16.4. The number of anilines is 1. The predicted molar refractivity (Wildman–Crippen MR) is 54.5 cm³/mol. The molecule has 0 saturated heterocycles. The number of hydrogen-bond donors (Lipinski definition) is 2. The molecule has 3 heteroatoms. The Morgan fingerprint density at radius 2 is 2.07 bits per heavy atom. The lowest BCUT2D eigenvalue weighted by atomic mass is 9.81. The standard InChI is InChI=1S/C11H13NO2/c1-11(2)7-5-3-4-6-8(7)12-9(11)10(13)14/h3-6,9,12H,1-2H3,(H,13,14). The Kier molecular flexibility index (Phi) is 1.77. The molecule has 0 spiro atoms. The van der Waals surface area contributed by atoms with Crippen LogP contribution >= 0.6 is 0 Å². The normalized spacial score (nSPS) is 22.6. The molecule has 1 aliphatic heterocycles. The summed E-state index contributed by atoms with van der Waals surface area (Å²) < 4.78 is 0. The molecule has 0 aromatic heterocycles. The van der Waals surface area contributed by atoms with Crippen LogP contribution in [0.15, 0.2) is 24.3 Å². The zero-order valence-electron chi connectivity index (χ0n) is 8.24. The summed E-state index contributed by atoms with van der Waals surface area (Å²) in [5.74, 6) is -0.800. The van der Waals surface area contributed by atoms with Crippen molar-refractivity contribution in [3.63, 3.8) is 0 Å². The number of carbonyl (C=O) groups is 1. The summed E-state index contributed by atoms with van der Waals surface area (Å²) in [5.41, 5.74) is 1.67. The van der Waals surface area contributed by atoms with Gasteiger partial charge in [-0.3, -0.25) is 0 Å². The maximum absolute atomic E-state index is 11.0. The van der Waals surface area contributed by atoms with E-state index in [0.717, 1.165) is 11.3 Å². The van der Waals surface area contributed by atoms with E-state index in [9.17, 15) is 4.79 Å². The topological polar surface area (TPSA) is 49.3 Å². The number of carboxylic acids is 1. The summed E-state index contributed by atoms with van der Waals surface area (Å²) in [6.07, 6.45) is 0.